The minimum atomic E-state index is -0.0418. The van der Waals surface area contributed by atoms with Crippen LogP contribution in [0.15, 0.2) is 22.7 Å². The van der Waals surface area contributed by atoms with Gasteiger partial charge in [0.25, 0.3) is 5.91 Å². The molecule has 2 aromatic rings. The number of aromatic nitrogens is 2. The SMILES string of the molecule is Cc1ccc2c(c1)CCCN2C(=O)c1n[nH]c(C(C)C)c1Br. The maximum absolute atomic E-state index is 12.9. The molecule has 1 amide bonds. The third kappa shape index (κ3) is 2.58. The van der Waals surface area contributed by atoms with Crippen molar-refractivity contribution in [3.63, 3.8) is 0 Å². The third-order valence-electron chi connectivity index (χ3n) is 4.11. The van der Waals surface area contributed by atoms with Crippen LogP contribution in [0.4, 0.5) is 5.69 Å². The highest BCUT2D eigenvalue weighted by atomic mass is 79.9. The highest BCUT2D eigenvalue weighted by Gasteiger charge is 2.28. The summed E-state index contributed by atoms with van der Waals surface area (Å²) in [7, 11) is 0. The van der Waals surface area contributed by atoms with E-state index in [1.165, 1.54) is 11.1 Å². The van der Waals surface area contributed by atoms with E-state index in [-0.39, 0.29) is 5.91 Å². The molecule has 1 aromatic carbocycles. The summed E-state index contributed by atoms with van der Waals surface area (Å²) in [6.45, 7) is 6.97. The van der Waals surface area contributed by atoms with Gasteiger partial charge in [-0.3, -0.25) is 9.89 Å². The van der Waals surface area contributed by atoms with Gasteiger partial charge in [-0.25, -0.2) is 0 Å². The van der Waals surface area contributed by atoms with Gasteiger partial charge >= 0.3 is 0 Å². The molecule has 4 nitrogen and oxygen atoms in total. The van der Waals surface area contributed by atoms with Crippen LogP contribution in [0, 0.1) is 6.92 Å². The van der Waals surface area contributed by atoms with Crippen LogP contribution in [0.5, 0.6) is 0 Å². The molecule has 1 aliphatic rings. The number of hydrogen-bond donors (Lipinski definition) is 1. The molecule has 1 N–H and O–H groups in total. The van der Waals surface area contributed by atoms with E-state index in [9.17, 15) is 4.79 Å². The highest BCUT2D eigenvalue weighted by Crippen LogP contribution is 2.32. The lowest BCUT2D eigenvalue weighted by atomic mass is 9.99. The van der Waals surface area contributed by atoms with Gasteiger partial charge in [-0.15, -0.1) is 0 Å². The minimum Gasteiger partial charge on any atom is -0.307 e. The molecule has 1 aliphatic heterocycles. The molecular formula is C17H20BrN3O. The summed E-state index contributed by atoms with van der Waals surface area (Å²) in [4.78, 5) is 14.8. The number of anilines is 1. The second kappa shape index (κ2) is 5.88. The Kier molecular flexibility index (Phi) is 4.08. The van der Waals surface area contributed by atoms with Crippen molar-refractivity contribution in [2.45, 2.75) is 39.5 Å². The first-order valence-electron chi connectivity index (χ1n) is 7.64. The standard InChI is InChI=1S/C17H20BrN3O/c1-10(2)15-14(18)16(20-19-15)17(22)21-8-4-5-12-9-11(3)6-7-13(12)21/h6-7,9-10H,4-5,8H2,1-3H3,(H,19,20). The molecule has 1 aromatic heterocycles. The van der Waals surface area contributed by atoms with Gasteiger partial charge in [0.1, 0.15) is 0 Å². The van der Waals surface area contributed by atoms with Crippen LogP contribution < -0.4 is 4.90 Å². The molecule has 0 bridgehead atoms. The number of halogens is 1. The lowest BCUT2D eigenvalue weighted by molar-refractivity contribution is 0.0979. The predicted molar refractivity (Wildman–Crippen MR) is 91.6 cm³/mol. The summed E-state index contributed by atoms with van der Waals surface area (Å²) in [6, 6.07) is 6.28. The zero-order valence-electron chi connectivity index (χ0n) is 13.1. The number of rotatable bonds is 2. The van der Waals surface area contributed by atoms with Crippen LogP contribution in [0.2, 0.25) is 0 Å². The fourth-order valence-corrected chi connectivity index (χ4v) is 3.74. The molecule has 0 radical (unpaired) electrons. The largest absolute Gasteiger partial charge is 0.307 e. The van der Waals surface area contributed by atoms with E-state index < -0.39 is 0 Å². The summed E-state index contributed by atoms with van der Waals surface area (Å²) in [5.41, 5.74) is 4.93. The smallest absolute Gasteiger partial charge is 0.279 e. The van der Waals surface area contributed by atoms with Gasteiger partial charge in [-0.05, 0) is 53.2 Å². The van der Waals surface area contributed by atoms with E-state index in [0.717, 1.165) is 35.2 Å². The Morgan fingerprint density at radius 2 is 2.18 bits per heavy atom. The number of H-pyrrole nitrogens is 1. The fourth-order valence-electron chi connectivity index (χ4n) is 2.93. The number of nitrogens with one attached hydrogen (secondary N) is 1. The Bertz CT molecular complexity index is 721. The van der Waals surface area contributed by atoms with Crippen molar-refractivity contribution < 1.29 is 4.79 Å². The summed E-state index contributed by atoms with van der Waals surface area (Å²) in [6.07, 6.45) is 2.01. The number of fused-ring (bicyclic) bond motifs is 1. The number of benzene rings is 1. The van der Waals surface area contributed by atoms with Crippen LogP contribution in [0.1, 0.15) is 53.5 Å². The first kappa shape index (κ1) is 15.3. The molecule has 0 saturated carbocycles. The molecule has 0 unspecified atom stereocenters. The second-order valence-electron chi connectivity index (χ2n) is 6.15. The van der Waals surface area contributed by atoms with E-state index in [1.54, 1.807) is 0 Å². The number of hydrogen-bond acceptors (Lipinski definition) is 2. The Balaban J connectivity index is 1.98. The average Bonchev–Trinajstić information content (AvgIpc) is 2.87. The molecule has 3 rings (SSSR count). The highest BCUT2D eigenvalue weighted by molar-refractivity contribution is 9.10. The molecule has 5 heteroatoms. The average molecular weight is 362 g/mol. The summed E-state index contributed by atoms with van der Waals surface area (Å²) in [5, 5.41) is 7.22. The van der Waals surface area contributed by atoms with Gasteiger partial charge in [-0.2, -0.15) is 5.10 Å². The Labute approximate surface area is 139 Å². The van der Waals surface area contributed by atoms with Crippen LogP contribution in [0.25, 0.3) is 0 Å². The quantitative estimate of drug-likeness (QED) is 0.871. The van der Waals surface area contributed by atoms with Crippen molar-refractivity contribution in [3.8, 4) is 0 Å². The maximum Gasteiger partial charge on any atom is 0.279 e. The zero-order valence-corrected chi connectivity index (χ0v) is 14.7. The monoisotopic (exact) mass is 361 g/mol. The molecule has 0 fully saturated rings. The maximum atomic E-state index is 12.9. The lowest BCUT2D eigenvalue weighted by Crippen LogP contribution is -2.36. The van der Waals surface area contributed by atoms with Crippen LogP contribution in [-0.2, 0) is 6.42 Å². The van der Waals surface area contributed by atoms with Crippen LogP contribution >= 0.6 is 15.9 Å². The normalized spacial score (nSPS) is 14.3. The molecule has 0 spiro atoms. The van der Waals surface area contributed by atoms with Crippen LogP contribution in [0.3, 0.4) is 0 Å². The number of carbonyl (C=O) groups excluding carboxylic acids is 1. The summed E-state index contributed by atoms with van der Waals surface area (Å²) < 4.78 is 0.784. The number of aryl methyl sites for hydroxylation is 2. The zero-order chi connectivity index (χ0) is 15.9. The van der Waals surface area contributed by atoms with Gasteiger partial charge in [0.2, 0.25) is 0 Å². The van der Waals surface area contributed by atoms with E-state index in [0.29, 0.717) is 11.6 Å². The van der Waals surface area contributed by atoms with Crippen molar-refractivity contribution in [2.24, 2.45) is 0 Å². The predicted octanol–water partition coefficient (Wildman–Crippen LogP) is 4.20. The Morgan fingerprint density at radius 1 is 1.41 bits per heavy atom. The molecular weight excluding hydrogens is 342 g/mol. The number of nitrogens with zero attached hydrogens (tertiary/aromatic N) is 2. The third-order valence-corrected chi connectivity index (χ3v) is 4.91. The number of amides is 1. The molecule has 22 heavy (non-hydrogen) atoms. The van der Waals surface area contributed by atoms with Crippen molar-refractivity contribution in [1.29, 1.82) is 0 Å². The Hall–Kier alpha value is -1.62. The van der Waals surface area contributed by atoms with E-state index >= 15 is 0 Å². The van der Waals surface area contributed by atoms with Crippen molar-refractivity contribution in [1.82, 2.24) is 10.2 Å². The van der Waals surface area contributed by atoms with Gasteiger partial charge in [0.15, 0.2) is 5.69 Å². The van der Waals surface area contributed by atoms with Crippen molar-refractivity contribution >= 4 is 27.5 Å². The summed E-state index contributed by atoms with van der Waals surface area (Å²) >= 11 is 3.53. The topological polar surface area (TPSA) is 49.0 Å². The minimum absolute atomic E-state index is 0.0418. The van der Waals surface area contributed by atoms with Crippen molar-refractivity contribution in [2.75, 3.05) is 11.4 Å². The summed E-state index contributed by atoms with van der Waals surface area (Å²) in [5.74, 6) is 0.250. The first-order chi connectivity index (χ1) is 10.5. The van der Waals surface area contributed by atoms with Crippen molar-refractivity contribution in [3.05, 3.63) is 45.2 Å². The van der Waals surface area contributed by atoms with E-state index in [2.05, 4.69) is 59.0 Å². The lowest BCUT2D eigenvalue weighted by Gasteiger charge is -2.29. The van der Waals surface area contributed by atoms with Crippen LogP contribution in [-0.4, -0.2) is 22.6 Å². The molecule has 2 heterocycles. The van der Waals surface area contributed by atoms with Gasteiger partial charge in [0, 0.05) is 12.2 Å². The molecule has 116 valence electrons. The molecule has 0 atom stereocenters. The fraction of sp³-hybridized carbons (Fsp3) is 0.412. The Morgan fingerprint density at radius 3 is 2.86 bits per heavy atom. The number of carbonyl (C=O) groups is 1. The molecule has 0 aliphatic carbocycles. The van der Waals surface area contributed by atoms with E-state index in [4.69, 9.17) is 0 Å². The first-order valence-corrected chi connectivity index (χ1v) is 8.43. The van der Waals surface area contributed by atoms with Gasteiger partial charge in [-0.1, -0.05) is 31.5 Å². The van der Waals surface area contributed by atoms with E-state index in [1.807, 2.05) is 11.0 Å². The van der Waals surface area contributed by atoms with Gasteiger partial charge in [0.05, 0.1) is 10.2 Å². The molecule has 0 saturated heterocycles. The second-order valence-corrected chi connectivity index (χ2v) is 6.94. The number of aromatic amines is 1. The van der Waals surface area contributed by atoms with Gasteiger partial charge < -0.3 is 4.90 Å².